The Morgan fingerprint density at radius 3 is 2.48 bits per heavy atom. The Labute approximate surface area is 193 Å². The van der Waals surface area contributed by atoms with Gasteiger partial charge in [-0.3, -0.25) is 0 Å². The van der Waals surface area contributed by atoms with Crippen molar-refractivity contribution in [2.75, 3.05) is 13.6 Å². The van der Waals surface area contributed by atoms with Gasteiger partial charge in [0.15, 0.2) is 0 Å². The van der Waals surface area contributed by atoms with E-state index in [4.69, 9.17) is 16.3 Å². The van der Waals surface area contributed by atoms with Gasteiger partial charge in [0.05, 0.1) is 12.1 Å². The zero-order valence-electron chi connectivity index (χ0n) is 17.2. The zero-order chi connectivity index (χ0) is 20.9. The normalized spacial score (nSPS) is 12.9. The van der Waals surface area contributed by atoms with Crippen molar-refractivity contribution in [1.82, 2.24) is 9.88 Å². The summed E-state index contributed by atoms with van der Waals surface area (Å²) in [6, 6.07) is 25.7. The van der Waals surface area contributed by atoms with Crippen LogP contribution in [0, 0.1) is 0 Å². The number of rotatable bonds is 8. The lowest BCUT2D eigenvalue weighted by Gasteiger charge is -2.26. The minimum Gasteiger partial charge on any atom is -0.489 e. The van der Waals surface area contributed by atoms with Crippen LogP contribution >= 0.6 is 24.0 Å². The topological polar surface area (TPSA) is 46.4 Å². The summed E-state index contributed by atoms with van der Waals surface area (Å²) in [6.45, 7) is 0.914. The monoisotopic (exact) mass is 456 g/mol. The molecule has 4 rings (SSSR count). The highest BCUT2D eigenvalue weighted by atomic mass is 35.5. The van der Waals surface area contributed by atoms with Gasteiger partial charge in [-0.1, -0.05) is 60.1 Å². The molecule has 162 valence electrons. The van der Waals surface area contributed by atoms with Gasteiger partial charge in [-0.05, 0) is 42.9 Å². The quantitative estimate of drug-likeness (QED) is 0.369. The number of hydrogen-bond donors (Lipinski definition) is 2. The van der Waals surface area contributed by atoms with Crippen LogP contribution in [0.3, 0.4) is 0 Å². The lowest BCUT2D eigenvalue weighted by molar-refractivity contribution is 0.132. The van der Waals surface area contributed by atoms with Gasteiger partial charge < -0.3 is 19.7 Å². The average Bonchev–Trinajstić information content (AvgIpc) is 3.17. The van der Waals surface area contributed by atoms with E-state index in [0.29, 0.717) is 18.2 Å². The molecule has 0 saturated carbocycles. The molecule has 0 aliphatic heterocycles. The van der Waals surface area contributed by atoms with Gasteiger partial charge in [-0.25, -0.2) is 0 Å². The molecule has 1 heterocycles. The molecular formula is C25H26Cl2N2O2. The Morgan fingerprint density at radius 2 is 1.74 bits per heavy atom. The SMILES string of the molecule is CNC[C@@H](O)[C@H](c1ccccc1)n1ccc2cc(OCc3ccccc3Cl)ccc21.Cl. The highest BCUT2D eigenvalue weighted by Crippen LogP contribution is 2.30. The van der Waals surface area contributed by atoms with Crippen molar-refractivity contribution >= 4 is 34.9 Å². The largest absolute Gasteiger partial charge is 0.489 e. The van der Waals surface area contributed by atoms with E-state index in [1.165, 1.54) is 0 Å². The minimum atomic E-state index is -0.566. The number of halogens is 2. The maximum atomic E-state index is 10.9. The molecule has 0 radical (unpaired) electrons. The van der Waals surface area contributed by atoms with Crippen LogP contribution in [0.15, 0.2) is 85.1 Å². The predicted molar refractivity (Wildman–Crippen MR) is 129 cm³/mol. The average molecular weight is 457 g/mol. The number of fused-ring (bicyclic) bond motifs is 1. The summed E-state index contributed by atoms with van der Waals surface area (Å²) in [4.78, 5) is 0. The van der Waals surface area contributed by atoms with Gasteiger partial charge in [0.2, 0.25) is 0 Å². The molecule has 2 N–H and O–H groups in total. The summed E-state index contributed by atoms with van der Waals surface area (Å²) < 4.78 is 8.10. The van der Waals surface area contributed by atoms with Crippen LogP contribution in [-0.2, 0) is 6.61 Å². The van der Waals surface area contributed by atoms with Gasteiger partial charge in [0.25, 0.3) is 0 Å². The van der Waals surface area contributed by atoms with Crippen LogP contribution in [0.1, 0.15) is 17.2 Å². The zero-order valence-corrected chi connectivity index (χ0v) is 18.8. The molecule has 1 aromatic heterocycles. The van der Waals surface area contributed by atoms with E-state index < -0.39 is 6.10 Å². The molecule has 0 aliphatic carbocycles. The van der Waals surface area contributed by atoms with E-state index in [1.54, 1.807) is 0 Å². The van der Waals surface area contributed by atoms with Crippen LogP contribution in [0.4, 0.5) is 0 Å². The third-order valence-corrected chi connectivity index (χ3v) is 5.63. The second kappa shape index (κ2) is 10.7. The summed E-state index contributed by atoms with van der Waals surface area (Å²) in [5.41, 5.74) is 3.07. The summed E-state index contributed by atoms with van der Waals surface area (Å²) in [6.07, 6.45) is 1.46. The number of likely N-dealkylation sites (N-methyl/N-ethyl adjacent to an activating group) is 1. The van der Waals surface area contributed by atoms with Crippen LogP contribution in [0.2, 0.25) is 5.02 Å². The Morgan fingerprint density at radius 1 is 1.00 bits per heavy atom. The first kappa shape index (κ1) is 23.2. The molecule has 3 aromatic carbocycles. The lowest BCUT2D eigenvalue weighted by Crippen LogP contribution is -2.33. The fourth-order valence-corrected chi connectivity index (χ4v) is 3.98. The smallest absolute Gasteiger partial charge is 0.120 e. The third kappa shape index (κ3) is 5.23. The molecule has 6 heteroatoms. The molecule has 0 amide bonds. The first-order chi connectivity index (χ1) is 14.7. The Hall–Kier alpha value is -2.50. The van der Waals surface area contributed by atoms with Crippen molar-refractivity contribution in [3.05, 3.63) is 101 Å². The number of aliphatic hydroxyl groups excluding tert-OH is 1. The summed E-state index contributed by atoms with van der Waals surface area (Å²) in [7, 11) is 1.85. The lowest BCUT2D eigenvalue weighted by atomic mass is 10.0. The molecule has 2 atom stereocenters. The van der Waals surface area contributed by atoms with Crippen LogP contribution in [0.25, 0.3) is 10.9 Å². The summed E-state index contributed by atoms with van der Waals surface area (Å²) in [5, 5.41) is 15.7. The van der Waals surface area contributed by atoms with E-state index in [1.807, 2.05) is 73.9 Å². The molecule has 0 spiro atoms. The summed E-state index contributed by atoms with van der Waals surface area (Å²) >= 11 is 6.23. The number of nitrogens with zero attached hydrogens (tertiary/aromatic N) is 1. The number of nitrogens with one attached hydrogen (secondary N) is 1. The van der Waals surface area contributed by atoms with Crippen molar-refractivity contribution in [3.63, 3.8) is 0 Å². The molecule has 0 bridgehead atoms. The van der Waals surface area contributed by atoms with Gasteiger partial charge in [0, 0.05) is 34.2 Å². The molecule has 31 heavy (non-hydrogen) atoms. The maximum absolute atomic E-state index is 10.9. The molecule has 0 fully saturated rings. The van der Waals surface area contributed by atoms with Crippen LogP contribution in [0.5, 0.6) is 5.75 Å². The second-order valence-corrected chi connectivity index (χ2v) is 7.71. The molecule has 0 saturated heterocycles. The van der Waals surface area contributed by atoms with Crippen molar-refractivity contribution in [2.24, 2.45) is 0 Å². The third-order valence-electron chi connectivity index (χ3n) is 5.26. The molecule has 4 nitrogen and oxygen atoms in total. The van der Waals surface area contributed by atoms with Crippen molar-refractivity contribution in [1.29, 1.82) is 0 Å². The van der Waals surface area contributed by atoms with E-state index >= 15 is 0 Å². The maximum Gasteiger partial charge on any atom is 0.120 e. The highest BCUT2D eigenvalue weighted by molar-refractivity contribution is 6.31. The van der Waals surface area contributed by atoms with Gasteiger partial charge in [-0.2, -0.15) is 0 Å². The van der Waals surface area contributed by atoms with E-state index in [0.717, 1.165) is 27.8 Å². The standard InChI is InChI=1S/C25H25ClN2O2.ClH/c1-27-16-24(29)25(18-7-3-2-4-8-18)28-14-13-19-15-21(11-12-23(19)28)30-17-20-9-5-6-10-22(20)26;/h2-15,24-25,27,29H,16-17H2,1H3;1H/t24-,25+;/m1./s1. The minimum absolute atomic E-state index is 0. The number of ether oxygens (including phenoxy) is 1. The van der Waals surface area contributed by atoms with Gasteiger partial charge >= 0.3 is 0 Å². The van der Waals surface area contributed by atoms with Crippen molar-refractivity contribution in [3.8, 4) is 5.75 Å². The van der Waals surface area contributed by atoms with E-state index in [2.05, 4.69) is 28.1 Å². The van der Waals surface area contributed by atoms with Crippen molar-refractivity contribution < 1.29 is 9.84 Å². The van der Waals surface area contributed by atoms with Crippen molar-refractivity contribution in [2.45, 2.75) is 18.8 Å². The van der Waals surface area contributed by atoms with Gasteiger partial charge in [-0.15, -0.1) is 12.4 Å². The van der Waals surface area contributed by atoms with E-state index in [9.17, 15) is 5.11 Å². The number of benzene rings is 3. The first-order valence-corrected chi connectivity index (χ1v) is 10.4. The molecular weight excluding hydrogens is 431 g/mol. The fraction of sp³-hybridized carbons (Fsp3) is 0.200. The van der Waals surface area contributed by atoms with Crippen LogP contribution < -0.4 is 10.1 Å². The van der Waals surface area contributed by atoms with E-state index in [-0.39, 0.29) is 18.4 Å². The summed E-state index contributed by atoms with van der Waals surface area (Å²) in [5.74, 6) is 0.784. The Balaban J connectivity index is 0.00000272. The Kier molecular flexibility index (Phi) is 7.99. The molecule has 0 aliphatic rings. The number of hydrogen-bond acceptors (Lipinski definition) is 3. The predicted octanol–water partition coefficient (Wildman–Crippen LogP) is 5.47. The first-order valence-electron chi connectivity index (χ1n) is 10.0. The van der Waals surface area contributed by atoms with Crippen LogP contribution in [-0.4, -0.2) is 29.4 Å². The van der Waals surface area contributed by atoms with Gasteiger partial charge in [0.1, 0.15) is 12.4 Å². The fourth-order valence-electron chi connectivity index (χ4n) is 3.79. The highest BCUT2D eigenvalue weighted by Gasteiger charge is 2.23. The second-order valence-electron chi connectivity index (χ2n) is 7.30. The Bertz CT molecular complexity index is 1110. The number of aliphatic hydroxyl groups is 1. The molecule has 4 aromatic rings. The molecule has 0 unspecified atom stereocenters. The number of aromatic nitrogens is 1.